The smallest absolute Gasteiger partial charge is 0.380 e. The molecule has 2 heterocycles. The lowest BCUT2D eigenvalue weighted by molar-refractivity contribution is -0.142. The monoisotopic (exact) mass is 371 g/mol. The molecule has 0 fully saturated rings. The maximum absolute atomic E-state index is 13.2. The molecule has 0 radical (unpaired) electrons. The van der Waals surface area contributed by atoms with Gasteiger partial charge in [-0.1, -0.05) is 18.2 Å². The van der Waals surface area contributed by atoms with E-state index in [1.54, 1.807) is 12.1 Å². The highest BCUT2D eigenvalue weighted by Gasteiger charge is 2.37. The van der Waals surface area contributed by atoms with Crippen LogP contribution in [0.15, 0.2) is 48.8 Å². The molecule has 0 saturated carbocycles. The fourth-order valence-corrected chi connectivity index (χ4v) is 2.47. The highest BCUT2D eigenvalue weighted by molar-refractivity contribution is 5.93. The summed E-state index contributed by atoms with van der Waals surface area (Å²) in [7, 11) is 0. The molecule has 0 unspecified atom stereocenters. The first-order valence-electron chi connectivity index (χ1n) is 7.37. The van der Waals surface area contributed by atoms with Gasteiger partial charge < -0.3 is 5.32 Å². The number of pyridine rings is 2. The average Bonchev–Trinajstić information content (AvgIpc) is 2.58. The molecule has 0 amide bonds. The number of nitrogens with one attached hydrogen (secondary N) is 1. The van der Waals surface area contributed by atoms with Crippen LogP contribution in [0, 0.1) is 0 Å². The first-order chi connectivity index (χ1) is 12.2. The number of rotatable bonds is 3. The zero-order chi connectivity index (χ0) is 18.9. The standard InChI is InChI=1S/C17H11F6N3/c18-16(19,20)12-5-1-4-11-13(25-9-10-3-2-6-24-8-10)7-14(17(21,22)23)26-15(11)12/h1-8H,9H2,(H,25,26). The molecule has 3 nitrogen and oxygen atoms in total. The van der Waals surface area contributed by atoms with Crippen molar-refractivity contribution in [3.63, 3.8) is 0 Å². The van der Waals surface area contributed by atoms with E-state index in [4.69, 9.17) is 0 Å². The van der Waals surface area contributed by atoms with Gasteiger partial charge in [-0.2, -0.15) is 26.3 Å². The van der Waals surface area contributed by atoms with Crippen LogP contribution in [0.5, 0.6) is 0 Å². The Balaban J connectivity index is 2.14. The van der Waals surface area contributed by atoms with E-state index in [0.717, 1.165) is 6.07 Å². The summed E-state index contributed by atoms with van der Waals surface area (Å²) in [6.07, 6.45) is -6.67. The summed E-state index contributed by atoms with van der Waals surface area (Å²) in [5.74, 6) is 0. The molecule has 26 heavy (non-hydrogen) atoms. The van der Waals surface area contributed by atoms with Gasteiger partial charge >= 0.3 is 12.4 Å². The van der Waals surface area contributed by atoms with Gasteiger partial charge in [0.05, 0.1) is 11.1 Å². The van der Waals surface area contributed by atoms with Crippen LogP contribution in [0.3, 0.4) is 0 Å². The van der Waals surface area contributed by atoms with E-state index >= 15 is 0 Å². The third-order valence-corrected chi connectivity index (χ3v) is 3.64. The second-order valence-corrected chi connectivity index (χ2v) is 5.47. The molecule has 1 N–H and O–H groups in total. The van der Waals surface area contributed by atoms with Gasteiger partial charge in [-0.25, -0.2) is 4.98 Å². The quantitative estimate of drug-likeness (QED) is 0.637. The third kappa shape index (κ3) is 3.71. The Bertz CT molecular complexity index is 919. The molecule has 0 aliphatic rings. The minimum atomic E-state index is -4.88. The Labute approximate surface area is 143 Å². The van der Waals surface area contributed by atoms with Gasteiger partial charge in [0.15, 0.2) is 0 Å². The first kappa shape index (κ1) is 18.0. The van der Waals surface area contributed by atoms with E-state index in [9.17, 15) is 26.3 Å². The Kier molecular flexibility index (Phi) is 4.47. The van der Waals surface area contributed by atoms with Crippen molar-refractivity contribution in [1.82, 2.24) is 9.97 Å². The zero-order valence-electron chi connectivity index (χ0n) is 13.0. The largest absolute Gasteiger partial charge is 0.433 e. The summed E-state index contributed by atoms with van der Waals surface area (Å²) in [6.45, 7) is 0.0977. The fourth-order valence-electron chi connectivity index (χ4n) is 2.47. The van der Waals surface area contributed by atoms with Gasteiger partial charge in [0.2, 0.25) is 0 Å². The van der Waals surface area contributed by atoms with Gasteiger partial charge in [-0.15, -0.1) is 0 Å². The number of anilines is 1. The molecule has 0 saturated heterocycles. The number of fused-ring (bicyclic) bond motifs is 1. The summed E-state index contributed by atoms with van der Waals surface area (Å²) >= 11 is 0. The average molecular weight is 371 g/mol. The van der Waals surface area contributed by atoms with Crippen LogP contribution in [-0.2, 0) is 18.9 Å². The molecular weight excluding hydrogens is 360 g/mol. The van der Waals surface area contributed by atoms with Gasteiger partial charge in [0.25, 0.3) is 0 Å². The van der Waals surface area contributed by atoms with Gasteiger partial charge in [0, 0.05) is 30.0 Å². The van der Waals surface area contributed by atoms with Crippen molar-refractivity contribution >= 4 is 16.6 Å². The van der Waals surface area contributed by atoms with Crippen LogP contribution in [0.1, 0.15) is 16.8 Å². The second-order valence-electron chi connectivity index (χ2n) is 5.47. The molecule has 0 spiro atoms. The van der Waals surface area contributed by atoms with Crippen molar-refractivity contribution in [3.8, 4) is 0 Å². The Morgan fingerprint density at radius 2 is 1.69 bits per heavy atom. The summed E-state index contributed by atoms with van der Waals surface area (Å²) in [5.41, 5.74) is -2.78. The Morgan fingerprint density at radius 1 is 0.923 bits per heavy atom. The molecule has 0 bridgehead atoms. The molecule has 0 atom stereocenters. The summed E-state index contributed by atoms with van der Waals surface area (Å²) in [5, 5.41) is 2.70. The minimum absolute atomic E-state index is 0.0447. The SMILES string of the molecule is FC(F)(F)c1cc(NCc2cccnc2)c2cccc(C(F)(F)F)c2n1. The fraction of sp³-hybridized carbons (Fsp3) is 0.176. The van der Waals surface area contributed by atoms with Crippen molar-refractivity contribution in [2.45, 2.75) is 18.9 Å². The van der Waals surface area contributed by atoms with Crippen molar-refractivity contribution < 1.29 is 26.3 Å². The second kappa shape index (κ2) is 6.47. The maximum atomic E-state index is 13.2. The molecule has 0 aliphatic carbocycles. The summed E-state index contributed by atoms with van der Waals surface area (Å²) in [6, 6.07) is 7.18. The predicted molar refractivity (Wildman–Crippen MR) is 83.3 cm³/mol. The van der Waals surface area contributed by atoms with Crippen molar-refractivity contribution in [1.29, 1.82) is 0 Å². The number of benzene rings is 1. The van der Waals surface area contributed by atoms with Crippen molar-refractivity contribution in [2.24, 2.45) is 0 Å². The molecule has 3 aromatic rings. The highest BCUT2D eigenvalue weighted by atomic mass is 19.4. The zero-order valence-corrected chi connectivity index (χ0v) is 13.0. The van der Waals surface area contributed by atoms with Gasteiger partial charge in [-0.3, -0.25) is 4.98 Å². The first-order valence-corrected chi connectivity index (χ1v) is 7.37. The third-order valence-electron chi connectivity index (χ3n) is 3.64. The number of nitrogens with zero attached hydrogens (tertiary/aromatic N) is 2. The van der Waals surface area contributed by atoms with Crippen LogP contribution in [0.4, 0.5) is 32.0 Å². The Morgan fingerprint density at radius 3 is 2.31 bits per heavy atom. The van der Waals surface area contributed by atoms with Crippen molar-refractivity contribution in [3.05, 3.63) is 65.6 Å². The van der Waals surface area contributed by atoms with E-state index < -0.39 is 29.1 Å². The number of halogens is 6. The lowest BCUT2D eigenvalue weighted by Crippen LogP contribution is -2.13. The van der Waals surface area contributed by atoms with E-state index in [-0.39, 0.29) is 17.6 Å². The lowest BCUT2D eigenvalue weighted by Gasteiger charge is -2.16. The van der Waals surface area contributed by atoms with Crippen molar-refractivity contribution in [2.75, 3.05) is 5.32 Å². The summed E-state index contributed by atoms with van der Waals surface area (Å²) in [4.78, 5) is 7.11. The van der Waals surface area contributed by atoms with Gasteiger partial charge in [-0.05, 0) is 23.8 Å². The number of hydrogen-bond donors (Lipinski definition) is 1. The molecule has 2 aromatic heterocycles. The van der Waals surface area contributed by atoms with Crippen LogP contribution in [0.25, 0.3) is 10.9 Å². The predicted octanol–water partition coefficient (Wildman–Crippen LogP) is 5.28. The minimum Gasteiger partial charge on any atom is -0.380 e. The molecule has 9 heteroatoms. The number of para-hydroxylation sites is 1. The van der Waals surface area contributed by atoms with Crippen LogP contribution in [0.2, 0.25) is 0 Å². The summed E-state index contributed by atoms with van der Waals surface area (Å²) < 4.78 is 78.9. The van der Waals surface area contributed by atoms with Gasteiger partial charge in [0.1, 0.15) is 5.69 Å². The Hall–Kier alpha value is -2.84. The number of aromatic nitrogens is 2. The van der Waals surface area contributed by atoms with E-state index in [1.807, 2.05) is 0 Å². The molecule has 1 aromatic carbocycles. The van der Waals surface area contributed by atoms with Crippen LogP contribution >= 0.6 is 0 Å². The molecule has 136 valence electrons. The molecule has 0 aliphatic heterocycles. The van der Waals surface area contributed by atoms with E-state index in [1.165, 1.54) is 18.5 Å². The normalized spacial score (nSPS) is 12.4. The van der Waals surface area contributed by atoms with Crippen LogP contribution in [-0.4, -0.2) is 9.97 Å². The lowest BCUT2D eigenvalue weighted by atomic mass is 10.1. The highest BCUT2D eigenvalue weighted by Crippen LogP contribution is 2.39. The molecular formula is C17H11F6N3. The van der Waals surface area contributed by atoms with E-state index in [0.29, 0.717) is 17.7 Å². The maximum Gasteiger partial charge on any atom is 0.433 e. The molecule has 3 rings (SSSR count). The topological polar surface area (TPSA) is 37.8 Å². The van der Waals surface area contributed by atoms with Crippen LogP contribution < -0.4 is 5.32 Å². The number of hydrogen-bond acceptors (Lipinski definition) is 3. The number of alkyl halides is 6. The van der Waals surface area contributed by atoms with E-state index in [2.05, 4.69) is 15.3 Å².